The van der Waals surface area contributed by atoms with Gasteiger partial charge in [0.2, 0.25) is 0 Å². The van der Waals surface area contributed by atoms with Crippen molar-refractivity contribution in [2.45, 2.75) is 19.3 Å². The number of amides is 1. The molecule has 0 bridgehead atoms. The minimum atomic E-state index is -0.330. The lowest BCUT2D eigenvalue weighted by Crippen LogP contribution is -2.32. The molecule has 1 aromatic heterocycles. The number of aliphatic hydroxyl groups is 1. The molecule has 22 heavy (non-hydrogen) atoms. The lowest BCUT2D eigenvalue weighted by Gasteiger charge is -2.20. The molecule has 1 N–H and O–H groups in total. The summed E-state index contributed by atoms with van der Waals surface area (Å²) in [5, 5.41) is 9.95. The molecule has 0 spiro atoms. The Morgan fingerprint density at radius 2 is 2.18 bits per heavy atom. The number of hydrogen-bond acceptors (Lipinski definition) is 2. The first-order valence-corrected chi connectivity index (χ1v) is 7.75. The van der Waals surface area contributed by atoms with Gasteiger partial charge in [-0.15, -0.1) is 0 Å². The van der Waals surface area contributed by atoms with Crippen molar-refractivity contribution >= 4 is 16.8 Å². The molecule has 5 heteroatoms. The first-order valence-electron chi connectivity index (χ1n) is 7.75. The number of benzene rings is 1. The van der Waals surface area contributed by atoms with E-state index in [2.05, 4.69) is 0 Å². The van der Waals surface area contributed by atoms with Crippen molar-refractivity contribution in [3.8, 4) is 0 Å². The number of rotatable bonds is 2. The summed E-state index contributed by atoms with van der Waals surface area (Å²) in [4.78, 5) is 14.6. The summed E-state index contributed by atoms with van der Waals surface area (Å²) in [7, 11) is 1.86. The van der Waals surface area contributed by atoms with Gasteiger partial charge in [-0.1, -0.05) is 0 Å². The fraction of sp³-hybridized carbons (Fsp3) is 0.471. The number of likely N-dealkylation sites (tertiary alicyclic amines) is 1. The third kappa shape index (κ3) is 2.73. The van der Waals surface area contributed by atoms with Crippen molar-refractivity contribution in [3.05, 3.63) is 35.8 Å². The molecule has 1 unspecified atom stereocenters. The average molecular weight is 304 g/mol. The maximum Gasteiger partial charge on any atom is 0.256 e. The van der Waals surface area contributed by atoms with Crippen molar-refractivity contribution in [1.29, 1.82) is 0 Å². The van der Waals surface area contributed by atoms with Crippen LogP contribution in [0.2, 0.25) is 0 Å². The fourth-order valence-corrected chi connectivity index (χ4v) is 3.26. The smallest absolute Gasteiger partial charge is 0.256 e. The second-order valence-corrected chi connectivity index (χ2v) is 6.09. The SMILES string of the molecule is Cn1cc(C(=O)N2CCCC(CO)CC2)c2cc(F)ccc21. The van der Waals surface area contributed by atoms with Crippen LogP contribution in [-0.4, -0.2) is 40.2 Å². The Labute approximate surface area is 129 Å². The highest BCUT2D eigenvalue weighted by Crippen LogP contribution is 2.25. The monoisotopic (exact) mass is 304 g/mol. The van der Waals surface area contributed by atoms with Crippen molar-refractivity contribution < 1.29 is 14.3 Å². The summed E-state index contributed by atoms with van der Waals surface area (Å²) in [5.41, 5.74) is 1.41. The summed E-state index contributed by atoms with van der Waals surface area (Å²) in [5.74, 6) is -0.0958. The predicted molar refractivity (Wildman–Crippen MR) is 83.2 cm³/mol. The summed E-state index contributed by atoms with van der Waals surface area (Å²) in [6.07, 6.45) is 4.45. The van der Waals surface area contributed by atoms with E-state index >= 15 is 0 Å². The molecule has 1 fully saturated rings. The Kier molecular flexibility index (Phi) is 4.16. The highest BCUT2D eigenvalue weighted by molar-refractivity contribution is 6.07. The van der Waals surface area contributed by atoms with Crippen LogP contribution in [0.25, 0.3) is 10.9 Å². The molecular weight excluding hydrogens is 283 g/mol. The first kappa shape index (κ1) is 15.0. The van der Waals surface area contributed by atoms with Crippen LogP contribution >= 0.6 is 0 Å². The molecule has 1 amide bonds. The van der Waals surface area contributed by atoms with Crippen LogP contribution in [0.4, 0.5) is 4.39 Å². The van der Waals surface area contributed by atoms with Gasteiger partial charge >= 0.3 is 0 Å². The number of carbonyl (C=O) groups excluding carboxylic acids is 1. The highest BCUT2D eigenvalue weighted by atomic mass is 19.1. The van der Waals surface area contributed by atoms with E-state index in [1.165, 1.54) is 12.1 Å². The molecule has 1 atom stereocenters. The van der Waals surface area contributed by atoms with E-state index in [0.717, 1.165) is 24.8 Å². The normalized spacial score (nSPS) is 19.4. The van der Waals surface area contributed by atoms with Gasteiger partial charge in [0.1, 0.15) is 5.82 Å². The van der Waals surface area contributed by atoms with Gasteiger partial charge in [-0.25, -0.2) is 4.39 Å². The third-order valence-corrected chi connectivity index (χ3v) is 4.57. The second kappa shape index (κ2) is 6.08. The van der Waals surface area contributed by atoms with Gasteiger partial charge in [0.25, 0.3) is 5.91 Å². The van der Waals surface area contributed by atoms with E-state index in [1.54, 1.807) is 12.3 Å². The Hall–Kier alpha value is -1.88. The van der Waals surface area contributed by atoms with E-state index < -0.39 is 0 Å². The highest BCUT2D eigenvalue weighted by Gasteiger charge is 2.23. The molecule has 0 aliphatic carbocycles. The molecule has 1 aliphatic heterocycles. The summed E-state index contributed by atoms with van der Waals surface area (Å²) in [6, 6.07) is 4.54. The van der Waals surface area contributed by atoms with Crippen molar-refractivity contribution in [2.24, 2.45) is 13.0 Å². The number of carbonyl (C=O) groups is 1. The summed E-state index contributed by atoms with van der Waals surface area (Å²) < 4.78 is 15.4. The zero-order valence-electron chi connectivity index (χ0n) is 12.8. The van der Waals surface area contributed by atoms with Crippen LogP contribution in [0.3, 0.4) is 0 Å². The summed E-state index contributed by atoms with van der Waals surface area (Å²) >= 11 is 0. The molecule has 1 aromatic carbocycles. The molecule has 118 valence electrons. The Bertz CT molecular complexity index is 695. The van der Waals surface area contributed by atoms with Crippen LogP contribution in [0.15, 0.2) is 24.4 Å². The lowest BCUT2D eigenvalue weighted by molar-refractivity contribution is 0.0759. The van der Waals surface area contributed by atoms with Crippen LogP contribution in [0.1, 0.15) is 29.6 Å². The number of aromatic nitrogens is 1. The quantitative estimate of drug-likeness (QED) is 0.927. The third-order valence-electron chi connectivity index (χ3n) is 4.57. The van der Waals surface area contributed by atoms with Crippen LogP contribution in [0.5, 0.6) is 0 Å². The number of halogens is 1. The van der Waals surface area contributed by atoms with Crippen LogP contribution in [-0.2, 0) is 7.05 Å². The zero-order valence-corrected chi connectivity index (χ0v) is 12.8. The van der Waals surface area contributed by atoms with E-state index in [0.29, 0.717) is 24.0 Å². The van der Waals surface area contributed by atoms with Crippen molar-refractivity contribution in [3.63, 3.8) is 0 Å². The topological polar surface area (TPSA) is 45.5 Å². The van der Waals surface area contributed by atoms with Crippen molar-refractivity contribution in [2.75, 3.05) is 19.7 Å². The first-order chi connectivity index (χ1) is 10.6. The molecule has 4 nitrogen and oxygen atoms in total. The molecule has 2 heterocycles. The maximum absolute atomic E-state index is 13.5. The Morgan fingerprint density at radius 1 is 1.36 bits per heavy atom. The van der Waals surface area contributed by atoms with Gasteiger partial charge in [0, 0.05) is 43.8 Å². The van der Waals surface area contributed by atoms with Gasteiger partial charge in [-0.05, 0) is 43.4 Å². The number of nitrogens with zero attached hydrogens (tertiary/aromatic N) is 2. The van der Waals surface area contributed by atoms with E-state index in [-0.39, 0.29) is 24.2 Å². The average Bonchev–Trinajstić information content (AvgIpc) is 2.71. The Balaban J connectivity index is 1.90. The standard InChI is InChI=1S/C17H21FN2O2/c1-19-10-15(14-9-13(18)4-5-16(14)19)17(22)20-7-2-3-12(11-21)6-8-20/h4-5,9-10,12,21H,2-3,6-8,11H2,1H3. The minimum Gasteiger partial charge on any atom is -0.396 e. The molecule has 3 rings (SSSR count). The molecular formula is C17H21FN2O2. The van der Waals surface area contributed by atoms with Crippen molar-refractivity contribution in [1.82, 2.24) is 9.47 Å². The zero-order chi connectivity index (χ0) is 15.7. The summed E-state index contributed by atoms with van der Waals surface area (Å²) in [6.45, 7) is 1.53. The van der Waals surface area contributed by atoms with Gasteiger partial charge in [0.05, 0.1) is 5.56 Å². The number of aliphatic hydroxyl groups excluding tert-OH is 1. The molecule has 0 radical (unpaired) electrons. The van der Waals surface area contributed by atoms with Gasteiger partial charge in [-0.3, -0.25) is 4.79 Å². The number of fused-ring (bicyclic) bond motifs is 1. The van der Waals surface area contributed by atoms with Gasteiger partial charge in [-0.2, -0.15) is 0 Å². The molecule has 1 saturated heterocycles. The lowest BCUT2D eigenvalue weighted by atomic mass is 10.0. The fourth-order valence-electron chi connectivity index (χ4n) is 3.26. The largest absolute Gasteiger partial charge is 0.396 e. The number of aryl methyl sites for hydroxylation is 1. The second-order valence-electron chi connectivity index (χ2n) is 6.09. The molecule has 1 aliphatic rings. The van der Waals surface area contributed by atoms with E-state index in [9.17, 15) is 14.3 Å². The van der Waals surface area contributed by atoms with Crippen LogP contribution < -0.4 is 0 Å². The number of hydrogen-bond donors (Lipinski definition) is 1. The van der Waals surface area contributed by atoms with Crippen LogP contribution in [0, 0.1) is 11.7 Å². The Morgan fingerprint density at radius 3 is 2.95 bits per heavy atom. The molecule has 0 saturated carbocycles. The van der Waals surface area contributed by atoms with E-state index in [1.807, 2.05) is 16.5 Å². The van der Waals surface area contributed by atoms with E-state index in [4.69, 9.17) is 0 Å². The minimum absolute atomic E-state index is 0.0465. The predicted octanol–water partition coefficient (Wildman–Crippen LogP) is 2.55. The molecule has 2 aromatic rings. The van der Waals surface area contributed by atoms with Gasteiger partial charge in [0.15, 0.2) is 0 Å². The van der Waals surface area contributed by atoms with Gasteiger partial charge < -0.3 is 14.6 Å². The maximum atomic E-state index is 13.5.